The maximum Gasteiger partial charge on any atom is 0.238 e. The number of ether oxygens (including phenoxy) is 1. The highest BCUT2D eigenvalue weighted by Crippen LogP contribution is 2.19. The number of rotatable bonds is 3. The summed E-state index contributed by atoms with van der Waals surface area (Å²) in [5, 5.41) is 2.64. The number of hydrogen-bond donors (Lipinski definition) is 2. The molecule has 1 saturated heterocycles. The van der Waals surface area contributed by atoms with Crippen LogP contribution in [0, 0.1) is 5.82 Å². The molecule has 0 saturated carbocycles. The van der Waals surface area contributed by atoms with Gasteiger partial charge in [0.15, 0.2) is 0 Å². The van der Waals surface area contributed by atoms with Gasteiger partial charge >= 0.3 is 0 Å². The molecule has 110 valence electrons. The quantitative estimate of drug-likeness (QED) is 0.823. The third-order valence-electron chi connectivity index (χ3n) is 3.15. The molecule has 0 spiro atoms. The van der Waals surface area contributed by atoms with Crippen LogP contribution in [-0.2, 0) is 9.53 Å². The lowest BCUT2D eigenvalue weighted by Gasteiger charge is -2.34. The number of halogens is 1. The van der Waals surface area contributed by atoms with Crippen LogP contribution >= 0.6 is 0 Å². The van der Waals surface area contributed by atoms with Gasteiger partial charge in [0.25, 0.3) is 0 Å². The van der Waals surface area contributed by atoms with Crippen LogP contribution in [0.5, 0.6) is 0 Å². The van der Waals surface area contributed by atoms with Gasteiger partial charge in [0.1, 0.15) is 5.82 Å². The van der Waals surface area contributed by atoms with Gasteiger partial charge in [-0.15, -0.1) is 0 Å². The van der Waals surface area contributed by atoms with E-state index in [4.69, 9.17) is 10.5 Å². The molecule has 2 unspecified atom stereocenters. The van der Waals surface area contributed by atoms with E-state index >= 15 is 0 Å². The molecule has 5 nitrogen and oxygen atoms in total. The Morgan fingerprint density at radius 2 is 2.10 bits per heavy atom. The first-order valence-electron chi connectivity index (χ1n) is 6.66. The number of benzene rings is 1. The standard InChI is InChI=1S/C14H20FN3O2/c1-9-6-18(7-10(2)20-9)8-14(19)17-13-5-11(15)3-4-12(13)16/h3-5,9-10H,6-8,16H2,1-2H3,(H,17,19). The van der Waals surface area contributed by atoms with Crippen molar-refractivity contribution in [3.63, 3.8) is 0 Å². The highest BCUT2D eigenvalue weighted by molar-refractivity contribution is 5.95. The van der Waals surface area contributed by atoms with Crippen molar-refractivity contribution in [2.24, 2.45) is 0 Å². The first-order chi connectivity index (χ1) is 9.44. The number of anilines is 2. The zero-order valence-corrected chi connectivity index (χ0v) is 11.7. The Balaban J connectivity index is 1.93. The number of carbonyl (C=O) groups excluding carboxylic acids is 1. The number of nitrogen functional groups attached to an aromatic ring is 1. The maximum atomic E-state index is 13.1. The Labute approximate surface area is 117 Å². The van der Waals surface area contributed by atoms with E-state index in [-0.39, 0.29) is 24.7 Å². The highest BCUT2D eigenvalue weighted by atomic mass is 19.1. The van der Waals surface area contributed by atoms with Crippen molar-refractivity contribution in [3.8, 4) is 0 Å². The van der Waals surface area contributed by atoms with Gasteiger partial charge in [-0.05, 0) is 32.0 Å². The highest BCUT2D eigenvalue weighted by Gasteiger charge is 2.23. The van der Waals surface area contributed by atoms with E-state index in [0.29, 0.717) is 24.5 Å². The summed E-state index contributed by atoms with van der Waals surface area (Å²) in [6, 6.07) is 3.91. The van der Waals surface area contributed by atoms with E-state index in [1.54, 1.807) is 0 Å². The molecule has 1 aliphatic heterocycles. The summed E-state index contributed by atoms with van der Waals surface area (Å²) in [4.78, 5) is 14.0. The fourth-order valence-corrected chi connectivity index (χ4v) is 2.44. The summed E-state index contributed by atoms with van der Waals surface area (Å²) in [5.74, 6) is -0.633. The minimum atomic E-state index is -0.428. The van der Waals surface area contributed by atoms with E-state index in [2.05, 4.69) is 5.32 Å². The number of carbonyl (C=O) groups is 1. The number of morpholine rings is 1. The van der Waals surface area contributed by atoms with Crippen LogP contribution in [0.2, 0.25) is 0 Å². The van der Waals surface area contributed by atoms with Crippen LogP contribution in [0.1, 0.15) is 13.8 Å². The molecular weight excluding hydrogens is 261 g/mol. The molecule has 0 aromatic heterocycles. The molecule has 20 heavy (non-hydrogen) atoms. The second kappa shape index (κ2) is 6.19. The number of nitrogens with two attached hydrogens (primary N) is 1. The van der Waals surface area contributed by atoms with Gasteiger partial charge in [0.05, 0.1) is 30.1 Å². The number of hydrogen-bond acceptors (Lipinski definition) is 4. The zero-order chi connectivity index (χ0) is 14.7. The number of nitrogens with one attached hydrogen (secondary N) is 1. The van der Waals surface area contributed by atoms with Gasteiger partial charge in [0, 0.05) is 13.1 Å². The molecule has 1 aromatic rings. The molecule has 2 rings (SSSR count). The second-order valence-electron chi connectivity index (χ2n) is 5.23. The summed E-state index contributed by atoms with van der Waals surface area (Å²) in [5.41, 5.74) is 6.36. The summed E-state index contributed by atoms with van der Waals surface area (Å²) in [6.07, 6.45) is 0.205. The Kier molecular flexibility index (Phi) is 4.57. The number of nitrogens with zero attached hydrogens (tertiary/aromatic N) is 1. The molecular formula is C14H20FN3O2. The predicted octanol–water partition coefficient (Wildman–Crippen LogP) is 1.46. The molecule has 3 N–H and O–H groups in total. The van der Waals surface area contributed by atoms with Gasteiger partial charge < -0.3 is 15.8 Å². The Hall–Kier alpha value is -1.66. The average Bonchev–Trinajstić information content (AvgIpc) is 2.32. The van der Waals surface area contributed by atoms with Crippen LogP contribution in [0.4, 0.5) is 15.8 Å². The lowest BCUT2D eigenvalue weighted by molar-refractivity contribution is -0.121. The summed E-state index contributed by atoms with van der Waals surface area (Å²) < 4.78 is 18.7. The van der Waals surface area contributed by atoms with Gasteiger partial charge in [-0.25, -0.2) is 4.39 Å². The molecule has 0 bridgehead atoms. The molecule has 6 heteroatoms. The minimum absolute atomic E-state index is 0.103. The van der Waals surface area contributed by atoms with Crippen molar-refractivity contribution in [1.29, 1.82) is 0 Å². The minimum Gasteiger partial charge on any atom is -0.397 e. The van der Waals surface area contributed by atoms with Crippen molar-refractivity contribution < 1.29 is 13.9 Å². The number of amides is 1. The average molecular weight is 281 g/mol. The molecule has 0 aliphatic carbocycles. The van der Waals surface area contributed by atoms with Gasteiger partial charge in [-0.1, -0.05) is 0 Å². The van der Waals surface area contributed by atoms with Gasteiger partial charge in [-0.3, -0.25) is 9.69 Å². The third-order valence-corrected chi connectivity index (χ3v) is 3.15. The summed E-state index contributed by atoms with van der Waals surface area (Å²) in [7, 11) is 0. The SMILES string of the molecule is CC1CN(CC(=O)Nc2cc(F)ccc2N)CC(C)O1. The maximum absolute atomic E-state index is 13.1. The van der Waals surface area contributed by atoms with E-state index in [1.807, 2.05) is 18.7 Å². The smallest absolute Gasteiger partial charge is 0.238 e. The predicted molar refractivity (Wildman–Crippen MR) is 75.9 cm³/mol. The van der Waals surface area contributed by atoms with Crippen LogP contribution in [0.25, 0.3) is 0 Å². The van der Waals surface area contributed by atoms with Crippen molar-refractivity contribution in [3.05, 3.63) is 24.0 Å². The summed E-state index contributed by atoms with van der Waals surface area (Å²) >= 11 is 0. The monoisotopic (exact) mass is 281 g/mol. The second-order valence-corrected chi connectivity index (χ2v) is 5.23. The Bertz CT molecular complexity index is 485. The molecule has 1 aliphatic rings. The van der Waals surface area contributed by atoms with E-state index in [0.717, 1.165) is 0 Å². The lowest BCUT2D eigenvalue weighted by atomic mass is 10.2. The van der Waals surface area contributed by atoms with Gasteiger partial charge in [-0.2, -0.15) is 0 Å². The van der Waals surface area contributed by atoms with Crippen LogP contribution < -0.4 is 11.1 Å². The van der Waals surface area contributed by atoms with Crippen LogP contribution in [-0.4, -0.2) is 42.6 Å². The van der Waals surface area contributed by atoms with Crippen molar-refractivity contribution in [2.45, 2.75) is 26.1 Å². The fraction of sp³-hybridized carbons (Fsp3) is 0.500. The first-order valence-corrected chi connectivity index (χ1v) is 6.66. The molecule has 1 heterocycles. The normalized spacial score (nSPS) is 23.6. The topological polar surface area (TPSA) is 67.6 Å². The molecule has 2 atom stereocenters. The first kappa shape index (κ1) is 14.7. The van der Waals surface area contributed by atoms with Crippen LogP contribution in [0.3, 0.4) is 0 Å². The van der Waals surface area contributed by atoms with E-state index < -0.39 is 5.82 Å². The molecule has 0 radical (unpaired) electrons. The molecule has 1 fully saturated rings. The van der Waals surface area contributed by atoms with E-state index in [9.17, 15) is 9.18 Å². The molecule has 1 amide bonds. The van der Waals surface area contributed by atoms with Crippen molar-refractivity contribution in [2.75, 3.05) is 30.7 Å². The Morgan fingerprint density at radius 3 is 2.75 bits per heavy atom. The lowest BCUT2D eigenvalue weighted by Crippen LogP contribution is -2.48. The van der Waals surface area contributed by atoms with Crippen molar-refractivity contribution in [1.82, 2.24) is 4.90 Å². The van der Waals surface area contributed by atoms with E-state index in [1.165, 1.54) is 18.2 Å². The Morgan fingerprint density at radius 1 is 1.45 bits per heavy atom. The molecule has 1 aromatic carbocycles. The van der Waals surface area contributed by atoms with Crippen molar-refractivity contribution >= 4 is 17.3 Å². The zero-order valence-electron chi connectivity index (χ0n) is 11.7. The fourth-order valence-electron chi connectivity index (χ4n) is 2.44. The largest absolute Gasteiger partial charge is 0.397 e. The third kappa shape index (κ3) is 3.91. The van der Waals surface area contributed by atoms with Gasteiger partial charge in [0.2, 0.25) is 5.91 Å². The summed E-state index contributed by atoms with van der Waals surface area (Å²) in [6.45, 7) is 5.61. The van der Waals surface area contributed by atoms with Crippen LogP contribution in [0.15, 0.2) is 18.2 Å².